The van der Waals surface area contributed by atoms with Crippen LogP contribution < -0.4 is 5.32 Å². The van der Waals surface area contributed by atoms with Crippen molar-refractivity contribution in [3.8, 4) is 0 Å². The molecule has 0 aromatic carbocycles. The molecule has 1 unspecified atom stereocenters. The van der Waals surface area contributed by atoms with Gasteiger partial charge < -0.3 is 5.32 Å². The summed E-state index contributed by atoms with van der Waals surface area (Å²) in [5, 5.41) is 4.92. The summed E-state index contributed by atoms with van der Waals surface area (Å²) in [4.78, 5) is 6.17. The Labute approximate surface area is 110 Å². The van der Waals surface area contributed by atoms with E-state index in [4.69, 9.17) is 4.98 Å². The van der Waals surface area contributed by atoms with Gasteiger partial charge in [0, 0.05) is 10.9 Å². The van der Waals surface area contributed by atoms with Crippen LogP contribution in [0.2, 0.25) is 0 Å². The predicted octanol–water partition coefficient (Wildman–Crippen LogP) is 4.24. The highest BCUT2D eigenvalue weighted by atomic mass is 32.1. The molecule has 0 amide bonds. The van der Waals surface area contributed by atoms with Crippen molar-refractivity contribution in [3.63, 3.8) is 0 Å². The Hall–Kier alpha value is -0.410. The molecule has 0 saturated heterocycles. The number of hydrogen-bond acceptors (Lipinski definition) is 3. The molecule has 2 nitrogen and oxygen atoms in total. The van der Waals surface area contributed by atoms with E-state index in [1.807, 2.05) is 11.3 Å². The summed E-state index contributed by atoms with van der Waals surface area (Å²) >= 11 is 1.87. The van der Waals surface area contributed by atoms with E-state index in [-0.39, 0.29) is 0 Å². The van der Waals surface area contributed by atoms with Gasteiger partial charge >= 0.3 is 0 Å². The van der Waals surface area contributed by atoms with Gasteiger partial charge in [-0.1, -0.05) is 40.5 Å². The molecule has 98 valence electrons. The molecule has 0 spiro atoms. The molecule has 0 aliphatic carbocycles. The van der Waals surface area contributed by atoms with Crippen molar-refractivity contribution in [2.75, 3.05) is 0 Å². The van der Waals surface area contributed by atoms with Gasteiger partial charge in [-0.2, -0.15) is 0 Å². The van der Waals surface area contributed by atoms with E-state index in [0.717, 1.165) is 6.42 Å². The van der Waals surface area contributed by atoms with Crippen LogP contribution in [-0.4, -0.2) is 11.0 Å². The summed E-state index contributed by atoms with van der Waals surface area (Å²) in [5.41, 5.74) is 1.28. The maximum Gasteiger partial charge on any atom is 0.110 e. The fraction of sp³-hybridized carbons (Fsp3) is 0.786. The van der Waals surface area contributed by atoms with Gasteiger partial charge in [0.05, 0.1) is 11.7 Å². The monoisotopic (exact) mass is 254 g/mol. The zero-order valence-corrected chi connectivity index (χ0v) is 12.7. The molecule has 1 aromatic rings. The molecule has 0 aliphatic rings. The maximum absolute atomic E-state index is 4.79. The molecule has 3 heteroatoms. The van der Waals surface area contributed by atoms with Crippen LogP contribution in [0.3, 0.4) is 0 Å². The molecular formula is C14H26N2S. The first-order valence-electron chi connectivity index (χ1n) is 6.80. The Bertz CT molecular complexity index is 331. The largest absolute Gasteiger partial charge is 0.306 e. The SMILES string of the molecule is CCCCC(NC(C)C)c1nc(CC)c(C)s1. The molecule has 0 radical (unpaired) electrons. The number of unbranched alkanes of at least 4 members (excludes halogenated alkanes) is 1. The third kappa shape index (κ3) is 4.40. The van der Waals surface area contributed by atoms with Crippen LogP contribution in [0.25, 0.3) is 0 Å². The van der Waals surface area contributed by atoms with Gasteiger partial charge in [-0.05, 0) is 19.8 Å². The van der Waals surface area contributed by atoms with Crippen molar-refractivity contribution in [1.29, 1.82) is 0 Å². The summed E-state index contributed by atoms with van der Waals surface area (Å²) in [6.45, 7) is 11.0. The van der Waals surface area contributed by atoms with Crippen LogP contribution in [0, 0.1) is 6.92 Å². The Balaban J connectivity index is 2.79. The standard InChI is InChI=1S/C14H26N2S/c1-6-8-9-13(15-10(3)4)14-16-12(7-2)11(5)17-14/h10,13,15H,6-9H2,1-5H3. The number of nitrogens with zero attached hydrogens (tertiary/aromatic N) is 1. The smallest absolute Gasteiger partial charge is 0.110 e. The quantitative estimate of drug-likeness (QED) is 0.787. The Morgan fingerprint density at radius 1 is 1.29 bits per heavy atom. The molecule has 1 N–H and O–H groups in total. The van der Waals surface area contributed by atoms with E-state index in [1.165, 1.54) is 34.8 Å². The van der Waals surface area contributed by atoms with Gasteiger partial charge in [0.1, 0.15) is 5.01 Å². The summed E-state index contributed by atoms with van der Waals surface area (Å²) in [6.07, 6.45) is 4.76. The van der Waals surface area contributed by atoms with Gasteiger partial charge in [0.15, 0.2) is 0 Å². The van der Waals surface area contributed by atoms with Gasteiger partial charge in [-0.15, -0.1) is 11.3 Å². The lowest BCUT2D eigenvalue weighted by Crippen LogP contribution is -2.28. The van der Waals surface area contributed by atoms with Crippen molar-refractivity contribution in [3.05, 3.63) is 15.6 Å². The van der Waals surface area contributed by atoms with Crippen LogP contribution in [0.1, 0.15) is 68.6 Å². The number of aryl methyl sites for hydroxylation is 2. The van der Waals surface area contributed by atoms with Crippen LogP contribution in [0.4, 0.5) is 0 Å². The minimum absolute atomic E-state index is 0.443. The molecule has 1 aromatic heterocycles. The van der Waals surface area contributed by atoms with E-state index >= 15 is 0 Å². The van der Waals surface area contributed by atoms with Crippen LogP contribution in [0.15, 0.2) is 0 Å². The molecule has 0 saturated carbocycles. The third-order valence-electron chi connectivity index (χ3n) is 2.92. The summed E-state index contributed by atoms with van der Waals surface area (Å²) in [7, 11) is 0. The Morgan fingerprint density at radius 2 is 2.00 bits per heavy atom. The number of thiazole rings is 1. The van der Waals surface area contributed by atoms with Crippen molar-refractivity contribution < 1.29 is 0 Å². The zero-order chi connectivity index (χ0) is 12.8. The highest BCUT2D eigenvalue weighted by Crippen LogP contribution is 2.27. The van der Waals surface area contributed by atoms with Crippen molar-refractivity contribution >= 4 is 11.3 Å². The van der Waals surface area contributed by atoms with Gasteiger partial charge in [-0.25, -0.2) is 4.98 Å². The van der Waals surface area contributed by atoms with Crippen molar-refractivity contribution in [2.45, 2.75) is 72.4 Å². The minimum atomic E-state index is 0.443. The van der Waals surface area contributed by atoms with E-state index in [2.05, 4.69) is 39.9 Å². The van der Waals surface area contributed by atoms with E-state index in [9.17, 15) is 0 Å². The lowest BCUT2D eigenvalue weighted by Gasteiger charge is -2.18. The first-order valence-corrected chi connectivity index (χ1v) is 7.62. The molecule has 1 rings (SSSR count). The lowest BCUT2D eigenvalue weighted by atomic mass is 10.1. The van der Waals surface area contributed by atoms with Crippen molar-refractivity contribution in [1.82, 2.24) is 10.3 Å². The number of hydrogen-bond donors (Lipinski definition) is 1. The van der Waals surface area contributed by atoms with Gasteiger partial charge in [0.25, 0.3) is 0 Å². The summed E-state index contributed by atoms with van der Waals surface area (Å²) in [6, 6.07) is 0.963. The second-order valence-electron chi connectivity index (χ2n) is 4.92. The highest BCUT2D eigenvalue weighted by Gasteiger charge is 2.17. The lowest BCUT2D eigenvalue weighted by molar-refractivity contribution is 0.438. The van der Waals surface area contributed by atoms with Crippen LogP contribution >= 0.6 is 11.3 Å². The average molecular weight is 254 g/mol. The van der Waals surface area contributed by atoms with E-state index in [1.54, 1.807) is 0 Å². The first kappa shape index (κ1) is 14.7. The van der Waals surface area contributed by atoms with Crippen LogP contribution in [0.5, 0.6) is 0 Å². The fourth-order valence-corrected chi connectivity index (χ4v) is 3.12. The Morgan fingerprint density at radius 3 is 2.47 bits per heavy atom. The Kier molecular flexibility index (Phi) is 6.14. The highest BCUT2D eigenvalue weighted by molar-refractivity contribution is 7.11. The normalized spacial score (nSPS) is 13.3. The van der Waals surface area contributed by atoms with E-state index < -0.39 is 0 Å². The second kappa shape index (κ2) is 7.12. The zero-order valence-electron chi connectivity index (χ0n) is 11.8. The predicted molar refractivity (Wildman–Crippen MR) is 76.8 cm³/mol. The molecule has 1 heterocycles. The van der Waals surface area contributed by atoms with Crippen LogP contribution in [-0.2, 0) is 6.42 Å². The first-order chi connectivity index (χ1) is 8.08. The van der Waals surface area contributed by atoms with Gasteiger partial charge in [0.2, 0.25) is 0 Å². The molecule has 0 fully saturated rings. The van der Waals surface area contributed by atoms with Gasteiger partial charge in [-0.3, -0.25) is 0 Å². The van der Waals surface area contributed by atoms with Crippen molar-refractivity contribution in [2.24, 2.45) is 0 Å². The van der Waals surface area contributed by atoms with E-state index in [0.29, 0.717) is 12.1 Å². The molecule has 1 atom stereocenters. The third-order valence-corrected chi connectivity index (χ3v) is 4.05. The molecule has 0 bridgehead atoms. The summed E-state index contributed by atoms with van der Waals surface area (Å²) < 4.78 is 0. The summed E-state index contributed by atoms with van der Waals surface area (Å²) in [5.74, 6) is 0. The average Bonchev–Trinajstić information content (AvgIpc) is 2.65. The molecular weight excluding hydrogens is 228 g/mol. The number of nitrogens with one attached hydrogen (secondary N) is 1. The number of aromatic nitrogens is 1. The topological polar surface area (TPSA) is 24.9 Å². The molecule has 0 aliphatic heterocycles. The maximum atomic E-state index is 4.79. The fourth-order valence-electron chi connectivity index (χ4n) is 2.02. The second-order valence-corrected chi connectivity index (χ2v) is 6.16. The molecule has 17 heavy (non-hydrogen) atoms. The minimum Gasteiger partial charge on any atom is -0.306 e. The number of rotatable bonds is 7.